The minimum atomic E-state index is 0.306. The first kappa shape index (κ1) is 18.7. The molecule has 4 aromatic rings. The maximum absolute atomic E-state index is 5.03. The second-order valence-electron chi connectivity index (χ2n) is 8.24. The van der Waals surface area contributed by atoms with E-state index in [1.165, 1.54) is 19.3 Å². The molecule has 7 heteroatoms. The average molecular weight is 402 g/mol. The maximum Gasteiger partial charge on any atom is 0.167 e. The minimum absolute atomic E-state index is 0.306. The summed E-state index contributed by atoms with van der Waals surface area (Å²) in [7, 11) is 1.90. The van der Waals surface area contributed by atoms with Gasteiger partial charge >= 0.3 is 0 Å². The highest BCUT2D eigenvalue weighted by Crippen LogP contribution is 2.33. The Hall–Kier alpha value is -3.35. The first-order valence-electron chi connectivity index (χ1n) is 10.5. The number of fused-ring (bicyclic) bond motifs is 2. The number of hydrogen-bond donors (Lipinski definition) is 2. The topological polar surface area (TPSA) is 72.1 Å². The van der Waals surface area contributed by atoms with Gasteiger partial charge in [-0.15, -0.1) is 0 Å². The molecule has 1 fully saturated rings. The molecular weight excluding hydrogens is 374 g/mol. The number of aromatic nitrogens is 5. The van der Waals surface area contributed by atoms with Gasteiger partial charge in [0.25, 0.3) is 0 Å². The highest BCUT2D eigenvalue weighted by atomic mass is 15.3. The Bertz CT molecular complexity index is 1240. The SMILES string of the molecule is C=C(NC1CCC1)c1cnn2c(NC)cc(-c3cn(C(C)C)c4ncccc34)nc12. The van der Waals surface area contributed by atoms with Crippen LogP contribution in [0.3, 0.4) is 0 Å². The van der Waals surface area contributed by atoms with Crippen molar-refractivity contribution in [3.63, 3.8) is 0 Å². The van der Waals surface area contributed by atoms with E-state index >= 15 is 0 Å². The van der Waals surface area contributed by atoms with Crippen molar-refractivity contribution < 1.29 is 0 Å². The fourth-order valence-electron chi connectivity index (χ4n) is 4.05. The van der Waals surface area contributed by atoms with Crippen molar-refractivity contribution in [2.75, 3.05) is 12.4 Å². The zero-order valence-corrected chi connectivity index (χ0v) is 17.7. The predicted octanol–water partition coefficient (Wildman–Crippen LogP) is 4.48. The van der Waals surface area contributed by atoms with E-state index < -0.39 is 0 Å². The minimum Gasteiger partial charge on any atom is -0.382 e. The Kier molecular flexibility index (Phi) is 4.46. The van der Waals surface area contributed by atoms with Gasteiger partial charge in [0.05, 0.1) is 17.5 Å². The van der Waals surface area contributed by atoms with Crippen molar-refractivity contribution >= 4 is 28.2 Å². The molecule has 0 saturated heterocycles. The lowest BCUT2D eigenvalue weighted by Crippen LogP contribution is -2.33. The number of nitrogens with zero attached hydrogens (tertiary/aromatic N) is 5. The smallest absolute Gasteiger partial charge is 0.167 e. The summed E-state index contributed by atoms with van der Waals surface area (Å²) in [6, 6.07) is 6.94. The zero-order valence-electron chi connectivity index (χ0n) is 17.7. The molecule has 0 atom stereocenters. The molecule has 4 aromatic heterocycles. The van der Waals surface area contributed by atoms with Crippen molar-refractivity contribution in [2.45, 2.75) is 45.2 Å². The Balaban J connectivity index is 1.68. The van der Waals surface area contributed by atoms with Gasteiger partial charge in [-0.2, -0.15) is 9.61 Å². The molecule has 7 nitrogen and oxygen atoms in total. The highest BCUT2D eigenvalue weighted by molar-refractivity contribution is 5.94. The standard InChI is InChI=1S/C23H27N7/c1-14(2)29-13-19(17-9-6-10-25-22(17)29)20-11-21(24-4)30-23(28-20)18(12-26-30)15(3)27-16-7-5-8-16/h6,9-14,16,24,27H,3,5,7-8H2,1-2,4H3. The lowest BCUT2D eigenvalue weighted by Gasteiger charge is -2.28. The number of rotatable bonds is 6. The molecule has 0 aromatic carbocycles. The summed E-state index contributed by atoms with van der Waals surface area (Å²) in [6.45, 7) is 8.60. The fraction of sp³-hybridized carbons (Fsp3) is 0.348. The van der Waals surface area contributed by atoms with Crippen LogP contribution in [0.5, 0.6) is 0 Å². The van der Waals surface area contributed by atoms with E-state index in [0.717, 1.165) is 45.0 Å². The summed E-state index contributed by atoms with van der Waals surface area (Å²) in [5.74, 6) is 0.882. The maximum atomic E-state index is 5.03. The third-order valence-corrected chi connectivity index (χ3v) is 5.96. The average Bonchev–Trinajstić information content (AvgIpc) is 3.31. The van der Waals surface area contributed by atoms with Gasteiger partial charge in [0.15, 0.2) is 5.65 Å². The van der Waals surface area contributed by atoms with Crippen LogP contribution in [0.15, 0.2) is 43.4 Å². The van der Waals surface area contributed by atoms with Gasteiger partial charge in [-0.05, 0) is 45.2 Å². The zero-order chi connectivity index (χ0) is 20.8. The Morgan fingerprint density at radius 3 is 2.80 bits per heavy atom. The van der Waals surface area contributed by atoms with E-state index in [9.17, 15) is 0 Å². The van der Waals surface area contributed by atoms with Gasteiger partial charge in [0.2, 0.25) is 0 Å². The second-order valence-corrected chi connectivity index (χ2v) is 8.24. The van der Waals surface area contributed by atoms with Gasteiger partial charge in [-0.25, -0.2) is 9.97 Å². The van der Waals surface area contributed by atoms with Crippen molar-refractivity contribution in [1.82, 2.24) is 29.5 Å². The van der Waals surface area contributed by atoms with Crippen LogP contribution in [-0.2, 0) is 0 Å². The van der Waals surface area contributed by atoms with Crippen LogP contribution < -0.4 is 10.6 Å². The van der Waals surface area contributed by atoms with Crippen LogP contribution >= 0.6 is 0 Å². The molecule has 2 N–H and O–H groups in total. The lowest BCUT2D eigenvalue weighted by molar-refractivity contribution is 0.378. The molecule has 0 amide bonds. The highest BCUT2D eigenvalue weighted by Gasteiger charge is 2.21. The van der Waals surface area contributed by atoms with Gasteiger partial charge in [-0.3, -0.25) is 0 Å². The van der Waals surface area contributed by atoms with Crippen LogP contribution in [0.4, 0.5) is 5.82 Å². The normalized spacial score (nSPS) is 14.4. The van der Waals surface area contributed by atoms with E-state index in [4.69, 9.17) is 4.98 Å². The monoisotopic (exact) mass is 401 g/mol. The fourth-order valence-corrected chi connectivity index (χ4v) is 4.05. The quantitative estimate of drug-likeness (QED) is 0.498. The van der Waals surface area contributed by atoms with Gasteiger partial charge in [-0.1, -0.05) is 6.58 Å². The second kappa shape index (κ2) is 7.16. The third-order valence-electron chi connectivity index (χ3n) is 5.96. The van der Waals surface area contributed by atoms with Crippen molar-refractivity contribution in [3.8, 4) is 11.3 Å². The van der Waals surface area contributed by atoms with E-state index in [1.807, 2.05) is 36.1 Å². The number of nitrogens with one attached hydrogen (secondary N) is 2. The van der Waals surface area contributed by atoms with Crippen LogP contribution in [0.1, 0.15) is 44.7 Å². The number of anilines is 1. The molecular formula is C23H27N7. The Morgan fingerprint density at radius 1 is 1.27 bits per heavy atom. The molecule has 1 aliphatic rings. The van der Waals surface area contributed by atoms with Gasteiger partial charge in [0.1, 0.15) is 11.5 Å². The van der Waals surface area contributed by atoms with E-state index in [0.29, 0.717) is 12.1 Å². The van der Waals surface area contributed by atoms with E-state index in [-0.39, 0.29) is 0 Å². The first-order chi connectivity index (χ1) is 14.6. The Morgan fingerprint density at radius 2 is 2.10 bits per heavy atom. The van der Waals surface area contributed by atoms with Crippen molar-refractivity contribution in [2.24, 2.45) is 0 Å². The third kappa shape index (κ3) is 2.93. The van der Waals surface area contributed by atoms with Crippen LogP contribution in [-0.4, -0.2) is 37.2 Å². The molecule has 1 saturated carbocycles. The number of pyridine rings is 1. The van der Waals surface area contributed by atoms with Crippen LogP contribution in [0.25, 0.3) is 33.6 Å². The van der Waals surface area contributed by atoms with Crippen molar-refractivity contribution in [1.29, 1.82) is 0 Å². The molecule has 30 heavy (non-hydrogen) atoms. The molecule has 0 spiro atoms. The van der Waals surface area contributed by atoms with Crippen molar-refractivity contribution in [3.05, 3.63) is 48.9 Å². The summed E-state index contributed by atoms with van der Waals surface area (Å²) >= 11 is 0. The molecule has 0 radical (unpaired) electrons. The predicted molar refractivity (Wildman–Crippen MR) is 121 cm³/mol. The summed E-state index contributed by atoms with van der Waals surface area (Å²) < 4.78 is 4.04. The Labute approximate surface area is 175 Å². The summed E-state index contributed by atoms with van der Waals surface area (Å²) in [5.41, 5.74) is 5.54. The summed E-state index contributed by atoms with van der Waals surface area (Å²) in [6.07, 6.45) is 9.50. The molecule has 4 heterocycles. The summed E-state index contributed by atoms with van der Waals surface area (Å²) in [5, 5.41) is 12.5. The molecule has 0 unspecified atom stereocenters. The molecule has 0 bridgehead atoms. The molecule has 154 valence electrons. The molecule has 5 rings (SSSR count). The molecule has 0 aliphatic heterocycles. The van der Waals surface area contributed by atoms with E-state index in [2.05, 4.69) is 58.0 Å². The first-order valence-corrected chi connectivity index (χ1v) is 10.5. The van der Waals surface area contributed by atoms with Crippen LogP contribution in [0.2, 0.25) is 0 Å². The molecule has 1 aliphatic carbocycles. The van der Waals surface area contributed by atoms with E-state index in [1.54, 1.807) is 0 Å². The summed E-state index contributed by atoms with van der Waals surface area (Å²) in [4.78, 5) is 9.64. The number of hydrogen-bond acceptors (Lipinski definition) is 5. The van der Waals surface area contributed by atoms with Gasteiger partial charge in [0, 0.05) is 54.2 Å². The van der Waals surface area contributed by atoms with Crippen LogP contribution in [0, 0.1) is 0 Å². The van der Waals surface area contributed by atoms with Gasteiger partial charge < -0.3 is 15.2 Å². The lowest BCUT2D eigenvalue weighted by atomic mass is 9.93. The largest absolute Gasteiger partial charge is 0.382 e.